The minimum Gasteiger partial charge on any atom is -0.414 e. The second-order valence-electron chi connectivity index (χ2n) is 2.77. The Morgan fingerprint density at radius 2 is 1.85 bits per heavy atom. The number of aliphatic hydroxyl groups is 5. The molecule has 4 atom stereocenters. The van der Waals surface area contributed by atoms with Gasteiger partial charge in [-0.3, -0.25) is 0 Å². The Balaban J connectivity index is 2.57. The van der Waals surface area contributed by atoms with Crippen molar-refractivity contribution in [2.75, 3.05) is 6.61 Å². The Kier molecular flexibility index (Phi) is 2.55. The van der Waals surface area contributed by atoms with Gasteiger partial charge in [-0.1, -0.05) is 0 Å². The predicted molar refractivity (Wildman–Crippen MR) is 36.1 cm³/mol. The molecule has 1 saturated heterocycles. The molecule has 0 aromatic carbocycles. The highest BCUT2D eigenvalue weighted by Crippen LogP contribution is 2.31. The minimum atomic E-state index is -2.43. The van der Waals surface area contributed by atoms with E-state index < -0.39 is 36.7 Å². The third kappa shape index (κ3) is 1.64. The summed E-state index contributed by atoms with van der Waals surface area (Å²) in [5.41, 5.74) is 0. The van der Waals surface area contributed by atoms with Gasteiger partial charge in [0.25, 0.3) is 0 Å². The van der Waals surface area contributed by atoms with Crippen LogP contribution in [0.1, 0.15) is 0 Å². The first-order valence-corrected chi connectivity index (χ1v) is 3.54. The number of carbonyl (C=O) groups excluding carboxylic acids is 1. The van der Waals surface area contributed by atoms with Gasteiger partial charge in [-0.25, -0.2) is 4.79 Å². The molecule has 1 rings (SSSR count). The second kappa shape index (κ2) is 3.20. The third-order valence-corrected chi connectivity index (χ3v) is 1.80. The van der Waals surface area contributed by atoms with Gasteiger partial charge in [-0.15, -0.1) is 0 Å². The van der Waals surface area contributed by atoms with E-state index in [1.807, 2.05) is 0 Å². The molecule has 0 saturated carbocycles. The Morgan fingerprint density at radius 3 is 2.15 bits per heavy atom. The van der Waals surface area contributed by atoms with Crippen LogP contribution in [0.2, 0.25) is 0 Å². The van der Waals surface area contributed by atoms with Gasteiger partial charge in [-0.2, -0.15) is 0 Å². The quantitative estimate of drug-likeness (QED) is 0.291. The number of hydrogen-bond donors (Lipinski definition) is 5. The van der Waals surface area contributed by atoms with Gasteiger partial charge in [0.2, 0.25) is 0 Å². The highest BCUT2D eigenvalue weighted by Gasteiger charge is 2.65. The number of carbonyl (C=O) groups is 1. The zero-order valence-corrected chi connectivity index (χ0v) is 6.49. The van der Waals surface area contributed by atoms with E-state index >= 15 is 0 Å². The summed E-state index contributed by atoms with van der Waals surface area (Å²) in [4.78, 5) is 10.4. The lowest BCUT2D eigenvalue weighted by atomic mass is 10.0. The molecule has 0 bridgehead atoms. The molecule has 0 aromatic heterocycles. The fourth-order valence-corrected chi connectivity index (χ4v) is 0.847. The zero-order chi connectivity index (χ0) is 10.2. The normalized spacial score (nSPS) is 33.5. The second-order valence-corrected chi connectivity index (χ2v) is 2.77. The van der Waals surface area contributed by atoms with Gasteiger partial charge >= 0.3 is 11.8 Å². The molecule has 0 aliphatic carbocycles. The average molecular weight is 194 g/mol. The first-order chi connectivity index (χ1) is 5.93. The standard InChI is InChI=1S/C6H10O7/c7-1-2(8)3(9)4(10)6(12)5(11)13-6/h2-4,7-10,12H,1H2/t2-,3-,4+,6+/m1/s1. The van der Waals surface area contributed by atoms with Gasteiger partial charge in [0.05, 0.1) is 6.61 Å². The molecule has 0 amide bonds. The molecule has 0 aromatic rings. The van der Waals surface area contributed by atoms with Crippen molar-refractivity contribution < 1.29 is 35.1 Å². The molecule has 7 nitrogen and oxygen atoms in total. The molecule has 0 spiro atoms. The van der Waals surface area contributed by atoms with Crippen molar-refractivity contribution in [3.63, 3.8) is 0 Å². The highest BCUT2D eigenvalue weighted by molar-refractivity contribution is 5.91. The van der Waals surface area contributed by atoms with Crippen molar-refractivity contribution in [2.45, 2.75) is 24.1 Å². The van der Waals surface area contributed by atoms with E-state index in [-0.39, 0.29) is 0 Å². The SMILES string of the molecule is O=C1O[C@@]1(O)[C@@H](O)[C@H](O)[C@H](O)CO. The molecule has 5 N–H and O–H groups in total. The summed E-state index contributed by atoms with van der Waals surface area (Å²) in [5.74, 6) is -3.51. The number of cyclic esters (lactones) is 1. The molecular formula is C6H10O7. The van der Waals surface area contributed by atoms with Crippen LogP contribution >= 0.6 is 0 Å². The van der Waals surface area contributed by atoms with Crippen LogP contribution in [0.4, 0.5) is 0 Å². The predicted octanol–water partition coefficient (Wildman–Crippen LogP) is -3.69. The monoisotopic (exact) mass is 194 g/mol. The van der Waals surface area contributed by atoms with Crippen LogP contribution < -0.4 is 0 Å². The van der Waals surface area contributed by atoms with E-state index in [4.69, 9.17) is 25.5 Å². The summed E-state index contributed by atoms with van der Waals surface area (Å²) in [5, 5.41) is 44.3. The fourth-order valence-electron chi connectivity index (χ4n) is 0.847. The van der Waals surface area contributed by atoms with Crippen LogP contribution in [0, 0.1) is 0 Å². The lowest BCUT2D eigenvalue weighted by Gasteiger charge is -2.21. The molecule has 13 heavy (non-hydrogen) atoms. The first-order valence-electron chi connectivity index (χ1n) is 3.54. The van der Waals surface area contributed by atoms with Crippen molar-refractivity contribution in [1.82, 2.24) is 0 Å². The number of aliphatic hydroxyl groups excluding tert-OH is 4. The number of rotatable bonds is 4. The van der Waals surface area contributed by atoms with Crippen LogP contribution in [0.25, 0.3) is 0 Å². The maximum Gasteiger partial charge on any atom is 0.385 e. The summed E-state index contributed by atoms with van der Waals surface area (Å²) in [6, 6.07) is 0. The molecular weight excluding hydrogens is 184 g/mol. The number of hydrogen-bond acceptors (Lipinski definition) is 7. The molecule has 1 heterocycles. The zero-order valence-electron chi connectivity index (χ0n) is 6.49. The molecule has 0 unspecified atom stereocenters. The number of epoxide rings is 1. The first kappa shape index (κ1) is 10.4. The minimum absolute atomic E-state index is 0.803. The van der Waals surface area contributed by atoms with Crippen LogP contribution in [0.15, 0.2) is 0 Å². The third-order valence-electron chi connectivity index (χ3n) is 1.80. The summed E-state index contributed by atoms with van der Waals surface area (Å²) in [7, 11) is 0. The van der Waals surface area contributed by atoms with Gasteiger partial charge in [0.15, 0.2) is 6.10 Å². The van der Waals surface area contributed by atoms with E-state index in [9.17, 15) is 4.79 Å². The molecule has 1 aliphatic heterocycles. The van der Waals surface area contributed by atoms with Crippen molar-refractivity contribution in [3.05, 3.63) is 0 Å². The maximum atomic E-state index is 10.4. The van der Waals surface area contributed by atoms with E-state index in [0.717, 1.165) is 0 Å². The van der Waals surface area contributed by atoms with Crippen molar-refractivity contribution >= 4 is 5.97 Å². The molecule has 1 fully saturated rings. The lowest BCUT2D eigenvalue weighted by molar-refractivity contribution is -0.155. The van der Waals surface area contributed by atoms with Crippen molar-refractivity contribution in [1.29, 1.82) is 0 Å². The Bertz CT molecular complexity index is 217. The van der Waals surface area contributed by atoms with Gasteiger partial charge in [0.1, 0.15) is 12.2 Å². The molecule has 7 heteroatoms. The Hall–Kier alpha value is -0.730. The van der Waals surface area contributed by atoms with E-state index in [2.05, 4.69) is 4.74 Å². The molecule has 1 aliphatic rings. The van der Waals surface area contributed by atoms with Gasteiger partial charge in [0, 0.05) is 0 Å². The van der Waals surface area contributed by atoms with Crippen molar-refractivity contribution in [3.8, 4) is 0 Å². The smallest absolute Gasteiger partial charge is 0.385 e. The molecule has 0 radical (unpaired) electrons. The maximum absolute atomic E-state index is 10.4. The Labute approximate surface area is 72.8 Å². The molecule has 76 valence electrons. The number of ether oxygens (including phenoxy) is 1. The van der Waals surface area contributed by atoms with E-state index in [1.165, 1.54) is 0 Å². The van der Waals surface area contributed by atoms with E-state index in [1.54, 1.807) is 0 Å². The highest BCUT2D eigenvalue weighted by atomic mass is 16.8. The van der Waals surface area contributed by atoms with Crippen LogP contribution in [-0.2, 0) is 9.53 Å². The van der Waals surface area contributed by atoms with Crippen LogP contribution in [0.3, 0.4) is 0 Å². The summed E-state index contributed by atoms with van der Waals surface area (Å²) in [6.07, 6.45) is -5.46. The van der Waals surface area contributed by atoms with Gasteiger partial charge in [-0.05, 0) is 0 Å². The Morgan fingerprint density at radius 1 is 1.38 bits per heavy atom. The average Bonchev–Trinajstić information content (AvgIpc) is 2.72. The van der Waals surface area contributed by atoms with Crippen LogP contribution in [-0.4, -0.2) is 62.2 Å². The summed E-state index contributed by atoms with van der Waals surface area (Å²) >= 11 is 0. The summed E-state index contributed by atoms with van der Waals surface area (Å²) in [6.45, 7) is -0.803. The lowest BCUT2D eigenvalue weighted by Crippen LogP contribution is -2.48. The topological polar surface area (TPSA) is 131 Å². The largest absolute Gasteiger partial charge is 0.414 e. The summed E-state index contributed by atoms with van der Waals surface area (Å²) < 4.78 is 4.00. The van der Waals surface area contributed by atoms with Gasteiger partial charge < -0.3 is 30.3 Å². The van der Waals surface area contributed by atoms with Crippen molar-refractivity contribution in [2.24, 2.45) is 0 Å². The van der Waals surface area contributed by atoms with E-state index in [0.29, 0.717) is 0 Å². The fraction of sp³-hybridized carbons (Fsp3) is 0.833. The van der Waals surface area contributed by atoms with Crippen LogP contribution in [0.5, 0.6) is 0 Å².